The van der Waals surface area contributed by atoms with E-state index in [-0.39, 0.29) is 18.4 Å². The molecule has 0 unspecified atom stereocenters. The Morgan fingerprint density at radius 1 is 1.03 bits per heavy atom. The highest BCUT2D eigenvalue weighted by atomic mass is 35.5. The fourth-order valence-corrected chi connectivity index (χ4v) is 3.96. The van der Waals surface area contributed by atoms with Crippen LogP contribution in [0.1, 0.15) is 10.5 Å². The molecule has 2 amide bonds. The van der Waals surface area contributed by atoms with Crippen LogP contribution in [0.15, 0.2) is 42.6 Å². The van der Waals surface area contributed by atoms with Crippen LogP contribution >= 0.6 is 11.6 Å². The molecule has 2 aliphatic heterocycles. The maximum atomic E-state index is 13.0. The zero-order chi connectivity index (χ0) is 21.6. The number of amides is 2. The number of rotatable bonds is 5. The molecule has 3 heterocycles. The summed E-state index contributed by atoms with van der Waals surface area (Å²) >= 11 is 6.10. The molecule has 0 atom stereocenters. The monoisotopic (exact) mass is 443 g/mol. The van der Waals surface area contributed by atoms with Gasteiger partial charge in [0.15, 0.2) is 0 Å². The zero-order valence-electron chi connectivity index (χ0n) is 17.3. The Morgan fingerprint density at radius 3 is 2.52 bits per heavy atom. The van der Waals surface area contributed by atoms with E-state index in [0.29, 0.717) is 55.8 Å². The Labute approximate surface area is 186 Å². The summed E-state index contributed by atoms with van der Waals surface area (Å²) in [6, 6.07) is 10.9. The van der Waals surface area contributed by atoms with Gasteiger partial charge in [0.25, 0.3) is 5.91 Å². The molecule has 0 saturated carbocycles. The van der Waals surface area contributed by atoms with Crippen molar-refractivity contribution in [2.45, 2.75) is 0 Å². The number of pyridine rings is 1. The van der Waals surface area contributed by atoms with Gasteiger partial charge in [-0.15, -0.1) is 0 Å². The van der Waals surface area contributed by atoms with Crippen LogP contribution < -0.4 is 10.2 Å². The minimum atomic E-state index is -0.118. The minimum absolute atomic E-state index is 0.0738. The molecule has 0 spiro atoms. The maximum Gasteiger partial charge on any atom is 0.272 e. The third kappa shape index (κ3) is 5.52. The summed E-state index contributed by atoms with van der Waals surface area (Å²) in [5, 5.41) is 3.35. The van der Waals surface area contributed by atoms with Crippen LogP contribution in [0.5, 0.6) is 0 Å². The minimum Gasteiger partial charge on any atom is -0.378 e. The molecule has 2 aromatic rings. The van der Waals surface area contributed by atoms with Gasteiger partial charge in [-0.05, 0) is 24.3 Å². The summed E-state index contributed by atoms with van der Waals surface area (Å²) in [6.45, 7) is 5.64. The average Bonchev–Trinajstić information content (AvgIpc) is 2.81. The second kappa shape index (κ2) is 10.1. The van der Waals surface area contributed by atoms with Crippen LogP contribution in [0.4, 0.5) is 11.4 Å². The van der Waals surface area contributed by atoms with Gasteiger partial charge in [-0.25, -0.2) is 0 Å². The SMILES string of the molecule is O=C(CN1CCN(C(=O)c2cc(N3CCOCC3)ccn2)CC1)Nc1ccccc1Cl. The molecule has 1 N–H and O–H groups in total. The van der Waals surface area contributed by atoms with E-state index in [1.54, 1.807) is 23.2 Å². The normalized spacial score (nSPS) is 17.5. The van der Waals surface area contributed by atoms with Gasteiger partial charge >= 0.3 is 0 Å². The van der Waals surface area contributed by atoms with Gasteiger partial charge in [-0.2, -0.15) is 0 Å². The molecule has 0 radical (unpaired) electrons. The van der Waals surface area contributed by atoms with Gasteiger partial charge in [0, 0.05) is 51.2 Å². The number of aromatic nitrogens is 1. The predicted octanol–water partition coefficient (Wildman–Crippen LogP) is 1.97. The number of piperazine rings is 1. The molecule has 2 saturated heterocycles. The highest BCUT2D eigenvalue weighted by Gasteiger charge is 2.25. The summed E-state index contributed by atoms with van der Waals surface area (Å²) in [6.07, 6.45) is 1.69. The molecule has 1 aromatic carbocycles. The Kier molecular flexibility index (Phi) is 7.01. The molecule has 31 heavy (non-hydrogen) atoms. The Morgan fingerprint density at radius 2 is 1.77 bits per heavy atom. The van der Waals surface area contributed by atoms with Crippen LogP contribution in [0.3, 0.4) is 0 Å². The summed E-state index contributed by atoms with van der Waals surface area (Å²) < 4.78 is 5.40. The largest absolute Gasteiger partial charge is 0.378 e. The molecule has 1 aromatic heterocycles. The number of anilines is 2. The van der Waals surface area contributed by atoms with E-state index in [1.807, 2.05) is 29.2 Å². The van der Waals surface area contributed by atoms with E-state index in [1.165, 1.54) is 0 Å². The van der Waals surface area contributed by atoms with E-state index >= 15 is 0 Å². The maximum absolute atomic E-state index is 13.0. The van der Waals surface area contributed by atoms with Crippen LogP contribution in [0.25, 0.3) is 0 Å². The summed E-state index contributed by atoms with van der Waals surface area (Å²) in [7, 11) is 0. The number of ether oxygens (including phenoxy) is 1. The number of morpholine rings is 1. The number of nitrogens with zero attached hydrogens (tertiary/aromatic N) is 4. The van der Waals surface area contributed by atoms with Crippen molar-refractivity contribution in [1.29, 1.82) is 0 Å². The van der Waals surface area contributed by atoms with Crippen molar-refractivity contribution in [2.24, 2.45) is 0 Å². The van der Waals surface area contributed by atoms with Crippen molar-refractivity contribution in [2.75, 3.05) is 69.2 Å². The van der Waals surface area contributed by atoms with Crippen LogP contribution in [0, 0.1) is 0 Å². The van der Waals surface area contributed by atoms with Gasteiger partial charge in [-0.1, -0.05) is 23.7 Å². The number of halogens is 1. The standard InChI is InChI=1S/C22H26ClN5O3/c23-18-3-1-2-4-19(18)25-21(29)16-26-7-9-28(10-8-26)22(30)20-15-17(5-6-24-20)27-11-13-31-14-12-27/h1-6,15H,7-14,16H2,(H,25,29). The number of para-hydroxylation sites is 1. The van der Waals surface area contributed by atoms with Gasteiger partial charge in [0.1, 0.15) is 5.69 Å². The fraction of sp³-hybridized carbons (Fsp3) is 0.409. The molecule has 2 aliphatic rings. The number of nitrogens with one attached hydrogen (secondary N) is 1. The summed E-state index contributed by atoms with van der Waals surface area (Å²) in [5.74, 6) is -0.192. The molecule has 8 nitrogen and oxygen atoms in total. The molecule has 4 rings (SSSR count). The molecule has 164 valence electrons. The second-order valence-corrected chi connectivity index (χ2v) is 8.00. The summed E-state index contributed by atoms with van der Waals surface area (Å²) in [5.41, 5.74) is 2.06. The third-order valence-electron chi connectivity index (χ3n) is 5.51. The lowest BCUT2D eigenvalue weighted by molar-refractivity contribution is -0.117. The van der Waals surface area contributed by atoms with E-state index in [9.17, 15) is 9.59 Å². The number of carbonyl (C=O) groups is 2. The lowest BCUT2D eigenvalue weighted by atomic mass is 10.2. The topological polar surface area (TPSA) is 78.0 Å². The highest BCUT2D eigenvalue weighted by Crippen LogP contribution is 2.20. The van der Waals surface area contributed by atoms with E-state index < -0.39 is 0 Å². The predicted molar refractivity (Wildman–Crippen MR) is 120 cm³/mol. The number of benzene rings is 1. The first-order valence-electron chi connectivity index (χ1n) is 10.4. The Bertz CT molecular complexity index is 927. The first-order valence-corrected chi connectivity index (χ1v) is 10.8. The summed E-state index contributed by atoms with van der Waals surface area (Å²) in [4.78, 5) is 35.6. The zero-order valence-corrected chi connectivity index (χ0v) is 18.1. The van der Waals surface area contributed by atoms with Crippen molar-refractivity contribution in [1.82, 2.24) is 14.8 Å². The highest BCUT2D eigenvalue weighted by molar-refractivity contribution is 6.33. The van der Waals surface area contributed by atoms with Crippen molar-refractivity contribution in [3.8, 4) is 0 Å². The Hall–Kier alpha value is -2.68. The molecule has 0 aliphatic carbocycles. The quantitative estimate of drug-likeness (QED) is 0.761. The van der Waals surface area contributed by atoms with Crippen LogP contribution in [-0.2, 0) is 9.53 Å². The number of carbonyl (C=O) groups excluding carboxylic acids is 2. The first kappa shape index (κ1) is 21.5. The molecule has 2 fully saturated rings. The van der Waals surface area contributed by atoms with Crippen LogP contribution in [-0.4, -0.2) is 85.6 Å². The third-order valence-corrected chi connectivity index (χ3v) is 5.84. The van der Waals surface area contributed by atoms with E-state index in [4.69, 9.17) is 16.3 Å². The Balaban J connectivity index is 1.29. The van der Waals surface area contributed by atoms with Crippen molar-refractivity contribution >= 4 is 34.8 Å². The second-order valence-electron chi connectivity index (χ2n) is 7.60. The smallest absolute Gasteiger partial charge is 0.272 e. The molecular formula is C22H26ClN5O3. The van der Waals surface area contributed by atoms with Crippen molar-refractivity contribution in [3.63, 3.8) is 0 Å². The van der Waals surface area contributed by atoms with Gasteiger partial charge < -0.3 is 19.9 Å². The first-order chi connectivity index (χ1) is 15.1. The van der Waals surface area contributed by atoms with Gasteiger partial charge in [0.2, 0.25) is 5.91 Å². The van der Waals surface area contributed by atoms with E-state index in [0.717, 1.165) is 18.8 Å². The number of hydrogen-bond acceptors (Lipinski definition) is 6. The lowest BCUT2D eigenvalue weighted by Gasteiger charge is -2.34. The molecular weight excluding hydrogens is 418 g/mol. The van der Waals surface area contributed by atoms with Crippen molar-refractivity contribution in [3.05, 3.63) is 53.3 Å². The van der Waals surface area contributed by atoms with E-state index in [2.05, 4.69) is 15.2 Å². The average molecular weight is 444 g/mol. The molecule has 0 bridgehead atoms. The lowest BCUT2D eigenvalue weighted by Crippen LogP contribution is -2.50. The van der Waals surface area contributed by atoms with Crippen molar-refractivity contribution < 1.29 is 14.3 Å². The van der Waals surface area contributed by atoms with Crippen LogP contribution in [0.2, 0.25) is 5.02 Å². The fourth-order valence-electron chi connectivity index (χ4n) is 3.78. The van der Waals surface area contributed by atoms with Gasteiger partial charge in [0.05, 0.1) is 30.5 Å². The molecule has 9 heteroatoms. The van der Waals surface area contributed by atoms with Gasteiger partial charge in [-0.3, -0.25) is 19.5 Å². The number of hydrogen-bond donors (Lipinski definition) is 1.